The Kier molecular flexibility index (Phi) is 6.71. The van der Waals surface area contributed by atoms with E-state index in [0.717, 1.165) is 23.5 Å². The highest BCUT2D eigenvalue weighted by atomic mass is 79.9. The highest BCUT2D eigenvalue weighted by Crippen LogP contribution is 2.36. The molecule has 0 spiro atoms. The predicted molar refractivity (Wildman–Crippen MR) is 91.5 cm³/mol. The molecular formula is C16H29BrN4. The molecule has 1 heterocycles. The van der Waals surface area contributed by atoms with E-state index >= 15 is 0 Å². The van der Waals surface area contributed by atoms with Crippen LogP contribution < -0.4 is 5.32 Å². The van der Waals surface area contributed by atoms with E-state index in [1.54, 1.807) is 0 Å². The van der Waals surface area contributed by atoms with E-state index in [2.05, 4.69) is 57.1 Å². The summed E-state index contributed by atoms with van der Waals surface area (Å²) in [5.41, 5.74) is 1.33. The van der Waals surface area contributed by atoms with Gasteiger partial charge in [-0.25, -0.2) is 0 Å². The van der Waals surface area contributed by atoms with Gasteiger partial charge in [-0.05, 0) is 55.8 Å². The number of likely N-dealkylation sites (N-methyl/N-ethyl adjacent to an activating group) is 1. The molecule has 120 valence electrons. The fraction of sp³-hybridized carbons (Fsp3) is 0.812. The Morgan fingerprint density at radius 2 is 2.00 bits per heavy atom. The van der Waals surface area contributed by atoms with Gasteiger partial charge in [0.2, 0.25) is 0 Å². The number of nitrogens with zero attached hydrogens (tertiary/aromatic N) is 3. The van der Waals surface area contributed by atoms with Gasteiger partial charge in [-0.1, -0.05) is 25.7 Å². The second-order valence-corrected chi connectivity index (χ2v) is 7.28. The van der Waals surface area contributed by atoms with Crippen LogP contribution in [0, 0.1) is 5.92 Å². The molecule has 1 atom stereocenters. The number of nitrogens with one attached hydrogen (secondary N) is 1. The lowest BCUT2D eigenvalue weighted by Crippen LogP contribution is -2.29. The Labute approximate surface area is 137 Å². The summed E-state index contributed by atoms with van der Waals surface area (Å²) >= 11 is 3.71. The zero-order chi connectivity index (χ0) is 15.2. The van der Waals surface area contributed by atoms with Gasteiger partial charge >= 0.3 is 0 Å². The summed E-state index contributed by atoms with van der Waals surface area (Å²) < 4.78 is 3.32. The monoisotopic (exact) mass is 356 g/mol. The first-order chi connectivity index (χ1) is 10.1. The smallest absolute Gasteiger partial charge is 0.0698 e. The molecule has 1 unspecified atom stereocenters. The lowest BCUT2D eigenvalue weighted by Gasteiger charge is -2.27. The second-order valence-electron chi connectivity index (χ2n) is 6.42. The standard InChI is InChI=1S/C16H29BrN4/c1-18-15(13-8-6-4-5-7-9-13)16-14(17)12-19-21(16)11-10-20(2)3/h12-13,15,18H,4-11H2,1-3H3. The Bertz CT molecular complexity index is 422. The van der Waals surface area contributed by atoms with Crippen LogP contribution in [0.25, 0.3) is 0 Å². The van der Waals surface area contributed by atoms with Crippen LogP contribution in [-0.2, 0) is 6.54 Å². The summed E-state index contributed by atoms with van der Waals surface area (Å²) in [6.45, 7) is 1.96. The summed E-state index contributed by atoms with van der Waals surface area (Å²) in [6, 6.07) is 0.405. The quantitative estimate of drug-likeness (QED) is 0.792. The third kappa shape index (κ3) is 4.54. The van der Waals surface area contributed by atoms with Gasteiger partial charge in [-0.2, -0.15) is 5.10 Å². The molecule has 2 rings (SSSR count). The summed E-state index contributed by atoms with van der Waals surface area (Å²) in [6.07, 6.45) is 10.1. The Morgan fingerprint density at radius 1 is 1.33 bits per heavy atom. The lowest BCUT2D eigenvalue weighted by molar-refractivity contribution is 0.311. The average Bonchev–Trinajstić information content (AvgIpc) is 2.68. The molecule has 1 aliphatic rings. The average molecular weight is 357 g/mol. The zero-order valence-corrected chi connectivity index (χ0v) is 15.2. The molecule has 0 amide bonds. The molecule has 0 saturated heterocycles. The van der Waals surface area contributed by atoms with Crippen LogP contribution in [0.2, 0.25) is 0 Å². The largest absolute Gasteiger partial charge is 0.311 e. The summed E-state index contributed by atoms with van der Waals surface area (Å²) in [5.74, 6) is 0.726. The molecule has 1 saturated carbocycles. The molecule has 1 N–H and O–H groups in total. The normalized spacial score (nSPS) is 18.9. The fourth-order valence-corrected chi connectivity index (χ4v) is 3.94. The Hall–Kier alpha value is -0.390. The van der Waals surface area contributed by atoms with Crippen LogP contribution >= 0.6 is 15.9 Å². The van der Waals surface area contributed by atoms with Gasteiger partial charge in [-0.3, -0.25) is 4.68 Å². The van der Waals surface area contributed by atoms with E-state index in [1.165, 1.54) is 44.2 Å². The SMILES string of the molecule is CNC(c1c(Br)cnn1CCN(C)C)C1CCCCCC1. The van der Waals surface area contributed by atoms with E-state index < -0.39 is 0 Å². The number of aromatic nitrogens is 2. The molecule has 0 radical (unpaired) electrons. The van der Waals surface area contributed by atoms with Crippen LogP contribution in [0.1, 0.15) is 50.3 Å². The van der Waals surface area contributed by atoms with Crippen molar-refractivity contribution < 1.29 is 0 Å². The van der Waals surface area contributed by atoms with Crippen LogP contribution in [-0.4, -0.2) is 42.4 Å². The van der Waals surface area contributed by atoms with E-state index in [4.69, 9.17) is 0 Å². The third-order valence-electron chi connectivity index (χ3n) is 4.57. The van der Waals surface area contributed by atoms with E-state index in [0.29, 0.717) is 6.04 Å². The van der Waals surface area contributed by atoms with Crippen molar-refractivity contribution in [1.82, 2.24) is 20.0 Å². The Morgan fingerprint density at radius 3 is 2.57 bits per heavy atom. The van der Waals surface area contributed by atoms with Crippen molar-refractivity contribution in [3.63, 3.8) is 0 Å². The number of rotatable bonds is 6. The maximum absolute atomic E-state index is 4.58. The number of hydrogen-bond acceptors (Lipinski definition) is 3. The van der Waals surface area contributed by atoms with Gasteiger partial charge in [0, 0.05) is 6.54 Å². The Balaban J connectivity index is 2.17. The summed E-state index contributed by atoms with van der Waals surface area (Å²) in [7, 11) is 6.31. The molecule has 1 aromatic rings. The van der Waals surface area contributed by atoms with Crippen LogP contribution in [0.15, 0.2) is 10.7 Å². The van der Waals surface area contributed by atoms with Crippen molar-refractivity contribution in [2.24, 2.45) is 5.92 Å². The summed E-state index contributed by atoms with van der Waals surface area (Å²) in [5, 5.41) is 8.14. The maximum Gasteiger partial charge on any atom is 0.0698 e. The van der Waals surface area contributed by atoms with Crippen LogP contribution in [0.3, 0.4) is 0 Å². The van der Waals surface area contributed by atoms with Crippen LogP contribution in [0.5, 0.6) is 0 Å². The minimum absolute atomic E-state index is 0.405. The predicted octanol–water partition coefficient (Wildman–Crippen LogP) is 3.44. The molecule has 0 bridgehead atoms. The van der Waals surface area contributed by atoms with Crippen LogP contribution in [0.4, 0.5) is 0 Å². The first kappa shape index (κ1) is 17.0. The van der Waals surface area contributed by atoms with Crippen molar-refractivity contribution in [2.45, 2.75) is 51.1 Å². The van der Waals surface area contributed by atoms with E-state index in [-0.39, 0.29) is 0 Å². The molecule has 0 aliphatic heterocycles. The van der Waals surface area contributed by atoms with Crippen molar-refractivity contribution in [3.05, 3.63) is 16.4 Å². The highest BCUT2D eigenvalue weighted by molar-refractivity contribution is 9.10. The highest BCUT2D eigenvalue weighted by Gasteiger charge is 2.27. The van der Waals surface area contributed by atoms with Gasteiger partial charge in [0.1, 0.15) is 0 Å². The topological polar surface area (TPSA) is 33.1 Å². The first-order valence-corrected chi connectivity index (χ1v) is 8.96. The van der Waals surface area contributed by atoms with Gasteiger partial charge < -0.3 is 10.2 Å². The van der Waals surface area contributed by atoms with Gasteiger partial charge in [-0.15, -0.1) is 0 Å². The van der Waals surface area contributed by atoms with E-state index in [1.807, 2.05) is 6.20 Å². The molecule has 5 heteroatoms. The minimum Gasteiger partial charge on any atom is -0.311 e. The molecule has 1 aromatic heterocycles. The summed E-state index contributed by atoms with van der Waals surface area (Å²) in [4.78, 5) is 2.21. The maximum atomic E-state index is 4.58. The van der Waals surface area contributed by atoms with E-state index in [9.17, 15) is 0 Å². The van der Waals surface area contributed by atoms with Gasteiger partial charge in [0.25, 0.3) is 0 Å². The molecule has 4 nitrogen and oxygen atoms in total. The zero-order valence-electron chi connectivity index (χ0n) is 13.6. The molecule has 1 aliphatic carbocycles. The fourth-order valence-electron chi connectivity index (χ4n) is 3.39. The first-order valence-electron chi connectivity index (χ1n) is 8.16. The lowest BCUT2D eigenvalue weighted by atomic mass is 9.90. The van der Waals surface area contributed by atoms with Crippen molar-refractivity contribution in [1.29, 1.82) is 0 Å². The second kappa shape index (κ2) is 8.30. The van der Waals surface area contributed by atoms with Gasteiger partial charge in [0.15, 0.2) is 0 Å². The van der Waals surface area contributed by atoms with Gasteiger partial charge in [0.05, 0.1) is 29.0 Å². The molecular weight excluding hydrogens is 328 g/mol. The van der Waals surface area contributed by atoms with Crippen molar-refractivity contribution >= 4 is 15.9 Å². The van der Waals surface area contributed by atoms with Crippen molar-refractivity contribution in [3.8, 4) is 0 Å². The number of halogens is 1. The number of hydrogen-bond donors (Lipinski definition) is 1. The molecule has 1 fully saturated rings. The molecule has 0 aromatic carbocycles. The minimum atomic E-state index is 0.405. The third-order valence-corrected chi connectivity index (χ3v) is 5.18. The van der Waals surface area contributed by atoms with Crippen molar-refractivity contribution in [2.75, 3.05) is 27.7 Å². The molecule has 21 heavy (non-hydrogen) atoms.